The van der Waals surface area contributed by atoms with E-state index >= 15 is 0 Å². The van der Waals surface area contributed by atoms with Crippen molar-refractivity contribution in [2.75, 3.05) is 32.2 Å². The molecular weight excluding hydrogens is 462 g/mol. The Bertz CT molecular complexity index is 1090. The van der Waals surface area contributed by atoms with Crippen molar-refractivity contribution in [1.29, 1.82) is 0 Å². The van der Waals surface area contributed by atoms with E-state index in [-0.39, 0.29) is 24.7 Å². The first-order valence-corrected chi connectivity index (χ1v) is 9.98. The van der Waals surface area contributed by atoms with E-state index in [4.69, 9.17) is 9.47 Å². The van der Waals surface area contributed by atoms with Crippen LogP contribution in [0.1, 0.15) is 18.1 Å². The number of halogens is 4. The Kier molecular flexibility index (Phi) is 7.10. The second-order valence-electron chi connectivity index (χ2n) is 7.55. The molecule has 4 amide bonds. The zero-order chi connectivity index (χ0) is 25.1. The fourth-order valence-electron chi connectivity index (χ4n) is 3.32. The molecule has 0 aromatic heterocycles. The van der Waals surface area contributed by atoms with E-state index in [1.165, 1.54) is 26.2 Å². The van der Waals surface area contributed by atoms with Crippen LogP contribution in [0.4, 0.5) is 28.0 Å². The van der Waals surface area contributed by atoms with E-state index in [0.29, 0.717) is 16.5 Å². The lowest BCUT2D eigenvalue weighted by molar-refractivity contribution is -0.137. The molecule has 2 aromatic carbocycles. The molecule has 1 aliphatic rings. The summed E-state index contributed by atoms with van der Waals surface area (Å²) >= 11 is 0. The number of carbonyl (C=O) groups is 3. The molecule has 1 unspecified atom stereocenters. The van der Waals surface area contributed by atoms with E-state index in [9.17, 15) is 31.9 Å². The van der Waals surface area contributed by atoms with E-state index in [1.807, 2.05) is 0 Å². The number of hydrogen-bond donors (Lipinski definition) is 2. The summed E-state index contributed by atoms with van der Waals surface area (Å²) in [5.41, 5.74) is -2.57. The van der Waals surface area contributed by atoms with Crippen LogP contribution in [0, 0.1) is 5.82 Å². The largest absolute Gasteiger partial charge is 0.489 e. The van der Waals surface area contributed by atoms with Crippen molar-refractivity contribution in [2.45, 2.75) is 18.6 Å². The molecule has 0 radical (unpaired) electrons. The van der Waals surface area contributed by atoms with Gasteiger partial charge in [0.15, 0.2) is 0 Å². The van der Waals surface area contributed by atoms with Gasteiger partial charge < -0.3 is 20.1 Å². The first-order chi connectivity index (χ1) is 16.0. The quantitative estimate of drug-likeness (QED) is 0.341. The highest BCUT2D eigenvalue weighted by atomic mass is 19.4. The predicted molar refractivity (Wildman–Crippen MR) is 111 cm³/mol. The summed E-state index contributed by atoms with van der Waals surface area (Å²) in [5.74, 6) is -2.29. The highest BCUT2D eigenvalue weighted by Crippen LogP contribution is 2.35. The summed E-state index contributed by atoms with van der Waals surface area (Å²) in [5, 5.41) is 4.72. The Morgan fingerprint density at radius 3 is 2.41 bits per heavy atom. The fourth-order valence-corrected chi connectivity index (χ4v) is 3.32. The van der Waals surface area contributed by atoms with Gasteiger partial charge in [-0.1, -0.05) is 12.1 Å². The molecular formula is C22H21F4N3O5. The molecule has 12 heteroatoms. The molecule has 8 nitrogen and oxygen atoms in total. The van der Waals surface area contributed by atoms with Crippen LogP contribution in [-0.4, -0.2) is 49.6 Å². The maximum absolute atomic E-state index is 13.2. The zero-order valence-corrected chi connectivity index (χ0v) is 18.2. The maximum Gasteiger partial charge on any atom is 0.416 e. The molecule has 1 aliphatic heterocycles. The Balaban J connectivity index is 1.78. The summed E-state index contributed by atoms with van der Waals surface area (Å²) in [6.45, 7) is 0.786. The molecule has 2 N–H and O–H groups in total. The van der Waals surface area contributed by atoms with Gasteiger partial charge in [-0.25, -0.2) is 9.18 Å². The molecule has 2 aromatic rings. The van der Waals surface area contributed by atoms with Gasteiger partial charge in [0.2, 0.25) is 5.91 Å². The number of hydrogen-bond acceptors (Lipinski definition) is 5. The number of nitrogens with one attached hydrogen (secondary N) is 2. The lowest BCUT2D eigenvalue weighted by Crippen LogP contribution is -2.42. The Labute approximate surface area is 191 Å². The average molecular weight is 483 g/mol. The van der Waals surface area contributed by atoms with Gasteiger partial charge in [-0.3, -0.25) is 14.5 Å². The van der Waals surface area contributed by atoms with E-state index < -0.39 is 47.5 Å². The van der Waals surface area contributed by atoms with Gasteiger partial charge in [0.05, 0.1) is 17.9 Å². The van der Waals surface area contributed by atoms with Gasteiger partial charge in [0.1, 0.15) is 30.3 Å². The molecule has 0 bridgehead atoms. The monoisotopic (exact) mass is 483 g/mol. The summed E-state index contributed by atoms with van der Waals surface area (Å²) in [6, 6.07) is 6.54. The van der Waals surface area contributed by atoms with Crippen LogP contribution in [0.2, 0.25) is 0 Å². The Hall–Kier alpha value is -3.67. The van der Waals surface area contributed by atoms with Crippen molar-refractivity contribution >= 4 is 23.5 Å². The van der Waals surface area contributed by atoms with Crippen LogP contribution in [-0.2, 0) is 26.0 Å². The lowest BCUT2D eigenvalue weighted by atomic mass is 9.92. The van der Waals surface area contributed by atoms with Crippen LogP contribution in [0.5, 0.6) is 5.75 Å². The van der Waals surface area contributed by atoms with Crippen molar-refractivity contribution in [3.63, 3.8) is 0 Å². The molecule has 1 fully saturated rings. The number of amides is 4. The van der Waals surface area contributed by atoms with Crippen molar-refractivity contribution < 1.29 is 41.4 Å². The minimum Gasteiger partial charge on any atom is -0.489 e. The first-order valence-electron chi connectivity index (χ1n) is 9.98. The van der Waals surface area contributed by atoms with Crippen LogP contribution < -0.4 is 15.4 Å². The zero-order valence-electron chi connectivity index (χ0n) is 18.2. The second kappa shape index (κ2) is 9.67. The number of carbonyl (C=O) groups excluding carboxylic acids is 3. The van der Waals surface area contributed by atoms with Gasteiger partial charge in [-0.2, -0.15) is 13.2 Å². The number of urea groups is 1. The van der Waals surface area contributed by atoms with Crippen LogP contribution in [0.3, 0.4) is 0 Å². The van der Waals surface area contributed by atoms with Crippen LogP contribution in [0.15, 0.2) is 42.5 Å². The van der Waals surface area contributed by atoms with Gasteiger partial charge in [0.25, 0.3) is 5.91 Å². The highest BCUT2D eigenvalue weighted by molar-refractivity contribution is 6.10. The molecule has 34 heavy (non-hydrogen) atoms. The summed E-state index contributed by atoms with van der Waals surface area (Å²) in [6.07, 6.45) is -4.67. The molecule has 0 aliphatic carbocycles. The molecule has 182 valence electrons. The van der Waals surface area contributed by atoms with Crippen molar-refractivity contribution in [1.82, 2.24) is 10.2 Å². The number of ether oxygens (including phenoxy) is 2. The molecule has 0 saturated carbocycles. The third-order valence-corrected chi connectivity index (χ3v) is 5.12. The second-order valence-corrected chi connectivity index (χ2v) is 7.55. The van der Waals surface area contributed by atoms with Gasteiger partial charge >= 0.3 is 12.2 Å². The number of imide groups is 1. The summed E-state index contributed by atoms with van der Waals surface area (Å²) in [7, 11) is 1.41. The first kappa shape index (κ1) is 25.0. The molecule has 1 atom stereocenters. The van der Waals surface area contributed by atoms with Gasteiger partial charge in [-0.15, -0.1) is 0 Å². The van der Waals surface area contributed by atoms with Gasteiger partial charge in [0, 0.05) is 7.11 Å². The SMILES string of the molecule is COCCOc1ccc(C(F)(F)F)cc1NC(=O)CN1C(=O)NC(C)(c2ccc(F)cc2)C1=O. The third-order valence-electron chi connectivity index (χ3n) is 5.12. The predicted octanol–water partition coefficient (Wildman–Crippen LogP) is 3.28. The summed E-state index contributed by atoms with van der Waals surface area (Å²) < 4.78 is 62.9. The number of alkyl halides is 3. The molecule has 0 spiro atoms. The minimum absolute atomic E-state index is 0.00771. The van der Waals surface area contributed by atoms with Crippen molar-refractivity contribution in [3.8, 4) is 5.75 Å². The Morgan fingerprint density at radius 2 is 1.79 bits per heavy atom. The minimum atomic E-state index is -4.67. The number of anilines is 1. The number of rotatable bonds is 8. The third kappa shape index (κ3) is 5.28. The molecule has 1 heterocycles. The number of methoxy groups -OCH3 is 1. The highest BCUT2D eigenvalue weighted by Gasteiger charge is 2.49. The lowest BCUT2D eigenvalue weighted by Gasteiger charge is -2.22. The van der Waals surface area contributed by atoms with E-state index in [1.54, 1.807) is 0 Å². The van der Waals surface area contributed by atoms with Crippen LogP contribution in [0.25, 0.3) is 0 Å². The Morgan fingerprint density at radius 1 is 1.12 bits per heavy atom. The smallest absolute Gasteiger partial charge is 0.416 e. The van der Waals surface area contributed by atoms with E-state index in [0.717, 1.165) is 24.3 Å². The van der Waals surface area contributed by atoms with Crippen LogP contribution >= 0.6 is 0 Å². The van der Waals surface area contributed by atoms with Crippen molar-refractivity contribution in [3.05, 3.63) is 59.4 Å². The number of nitrogens with zero attached hydrogens (tertiary/aromatic N) is 1. The fraction of sp³-hybridized carbons (Fsp3) is 0.318. The standard InChI is InChI=1S/C22H21F4N3O5/c1-21(13-3-6-15(23)7-4-13)19(31)29(20(32)28-21)12-18(30)27-16-11-14(22(24,25)26)5-8-17(16)34-10-9-33-2/h3-8,11H,9-10,12H2,1-2H3,(H,27,30)(H,28,32). The van der Waals surface area contributed by atoms with Gasteiger partial charge in [-0.05, 0) is 42.8 Å². The van der Waals surface area contributed by atoms with Crippen molar-refractivity contribution in [2.24, 2.45) is 0 Å². The molecule has 1 saturated heterocycles. The normalized spacial score (nSPS) is 18.1. The average Bonchev–Trinajstić information content (AvgIpc) is 2.98. The topological polar surface area (TPSA) is 97.0 Å². The summed E-state index contributed by atoms with van der Waals surface area (Å²) in [4.78, 5) is 38.5. The number of benzene rings is 2. The maximum atomic E-state index is 13.2. The molecule has 3 rings (SSSR count). The van der Waals surface area contributed by atoms with E-state index in [2.05, 4.69) is 10.6 Å².